The molecule has 2 atom stereocenters. The van der Waals surface area contributed by atoms with Gasteiger partial charge in [0.15, 0.2) is 0 Å². The molecular weight excluding hydrogens is 414 g/mol. The van der Waals surface area contributed by atoms with Crippen molar-refractivity contribution < 1.29 is 14.0 Å². The van der Waals surface area contributed by atoms with Crippen LogP contribution in [0.3, 0.4) is 0 Å². The highest BCUT2D eigenvalue weighted by Gasteiger charge is 2.27. The quantitative estimate of drug-likeness (QED) is 0.629. The van der Waals surface area contributed by atoms with Crippen LogP contribution < -0.4 is 5.32 Å². The zero-order valence-electron chi connectivity index (χ0n) is 16.7. The maximum absolute atomic E-state index is 14.0. The molecule has 0 heterocycles. The molecule has 0 saturated carbocycles. The van der Waals surface area contributed by atoms with E-state index in [0.717, 1.165) is 12.0 Å². The highest BCUT2D eigenvalue weighted by Crippen LogP contribution is 2.24. The Morgan fingerprint density at radius 1 is 1.10 bits per heavy atom. The van der Waals surface area contributed by atoms with Crippen LogP contribution in [-0.2, 0) is 22.6 Å². The van der Waals surface area contributed by atoms with Gasteiger partial charge < -0.3 is 10.2 Å². The number of hydrogen-bond acceptors (Lipinski definition) is 2. The summed E-state index contributed by atoms with van der Waals surface area (Å²) in [5.41, 5.74) is 1.01. The summed E-state index contributed by atoms with van der Waals surface area (Å²) in [6, 6.07) is 10.4. The summed E-state index contributed by atoms with van der Waals surface area (Å²) < 4.78 is 14.0. The summed E-state index contributed by atoms with van der Waals surface area (Å²) in [5.74, 6) is -1.07. The van der Waals surface area contributed by atoms with Gasteiger partial charge in [-0.15, -0.1) is 0 Å². The van der Waals surface area contributed by atoms with Crippen molar-refractivity contribution in [3.05, 3.63) is 69.5 Å². The number of carbonyl (C=O) groups excluding carboxylic acids is 2. The number of amides is 2. The number of benzene rings is 2. The minimum absolute atomic E-state index is 0.0153. The predicted octanol–water partition coefficient (Wildman–Crippen LogP) is 5.01. The standard InChI is InChI=1S/C22H25Cl2FN2O2/c1-4-14(2)26-22(29)15(3)27(13-16-9-10-18(23)19(24)11-16)21(28)12-17-7-5-6-8-20(17)25/h5-11,14-15H,4,12-13H2,1-3H3,(H,26,29)/t14-,15-/m1/s1. The van der Waals surface area contributed by atoms with Gasteiger partial charge in [-0.05, 0) is 49.6 Å². The van der Waals surface area contributed by atoms with Crippen molar-refractivity contribution in [3.63, 3.8) is 0 Å². The van der Waals surface area contributed by atoms with Gasteiger partial charge in [-0.25, -0.2) is 4.39 Å². The minimum Gasteiger partial charge on any atom is -0.352 e. The van der Waals surface area contributed by atoms with Crippen molar-refractivity contribution in [2.75, 3.05) is 0 Å². The van der Waals surface area contributed by atoms with Crippen LogP contribution in [-0.4, -0.2) is 28.8 Å². The molecule has 0 bridgehead atoms. The topological polar surface area (TPSA) is 49.4 Å². The van der Waals surface area contributed by atoms with Crippen LogP contribution >= 0.6 is 23.2 Å². The Labute approximate surface area is 181 Å². The Morgan fingerprint density at radius 2 is 1.79 bits per heavy atom. The molecule has 4 nitrogen and oxygen atoms in total. The molecule has 29 heavy (non-hydrogen) atoms. The number of rotatable bonds is 8. The van der Waals surface area contributed by atoms with E-state index in [2.05, 4.69) is 5.32 Å². The molecule has 7 heteroatoms. The molecule has 0 spiro atoms. The molecule has 0 aliphatic heterocycles. The van der Waals surface area contributed by atoms with Crippen molar-refractivity contribution in [1.82, 2.24) is 10.2 Å². The van der Waals surface area contributed by atoms with E-state index in [9.17, 15) is 14.0 Å². The second-order valence-corrected chi connectivity index (χ2v) is 7.85. The van der Waals surface area contributed by atoms with E-state index in [0.29, 0.717) is 10.0 Å². The fraction of sp³-hybridized carbons (Fsp3) is 0.364. The lowest BCUT2D eigenvalue weighted by Gasteiger charge is -2.30. The van der Waals surface area contributed by atoms with E-state index < -0.39 is 11.9 Å². The molecule has 0 fully saturated rings. The van der Waals surface area contributed by atoms with Crippen molar-refractivity contribution >= 4 is 35.0 Å². The van der Waals surface area contributed by atoms with Crippen LogP contribution in [0.1, 0.15) is 38.3 Å². The van der Waals surface area contributed by atoms with Crippen LogP contribution in [0.4, 0.5) is 4.39 Å². The van der Waals surface area contributed by atoms with Gasteiger partial charge in [0.1, 0.15) is 11.9 Å². The molecule has 0 aliphatic rings. The van der Waals surface area contributed by atoms with E-state index >= 15 is 0 Å². The number of halogens is 3. The Bertz CT molecular complexity index is 876. The lowest BCUT2D eigenvalue weighted by atomic mass is 10.1. The van der Waals surface area contributed by atoms with E-state index in [1.165, 1.54) is 11.0 Å². The zero-order chi connectivity index (χ0) is 21.6. The van der Waals surface area contributed by atoms with Crippen LogP contribution in [0, 0.1) is 5.82 Å². The third-order valence-corrected chi connectivity index (χ3v) is 5.54. The van der Waals surface area contributed by atoms with Gasteiger partial charge in [-0.1, -0.05) is 54.4 Å². The van der Waals surface area contributed by atoms with Gasteiger partial charge in [0.25, 0.3) is 0 Å². The van der Waals surface area contributed by atoms with E-state index in [4.69, 9.17) is 23.2 Å². The molecular formula is C22H25Cl2FN2O2. The van der Waals surface area contributed by atoms with E-state index in [1.54, 1.807) is 43.3 Å². The normalized spacial score (nSPS) is 12.9. The first kappa shape index (κ1) is 23.2. The highest BCUT2D eigenvalue weighted by atomic mass is 35.5. The highest BCUT2D eigenvalue weighted by molar-refractivity contribution is 6.42. The fourth-order valence-electron chi connectivity index (χ4n) is 2.79. The number of nitrogens with zero attached hydrogens (tertiary/aromatic N) is 1. The SMILES string of the molecule is CC[C@@H](C)NC(=O)[C@@H](C)N(Cc1ccc(Cl)c(Cl)c1)C(=O)Cc1ccccc1F. The first-order valence-corrected chi connectivity index (χ1v) is 10.3. The molecule has 0 aliphatic carbocycles. The average Bonchev–Trinajstić information content (AvgIpc) is 2.69. The van der Waals surface area contributed by atoms with Crippen LogP contribution in [0.15, 0.2) is 42.5 Å². The first-order valence-electron chi connectivity index (χ1n) is 9.50. The minimum atomic E-state index is -0.738. The molecule has 0 radical (unpaired) electrons. The second-order valence-electron chi connectivity index (χ2n) is 7.03. The summed E-state index contributed by atoms with van der Waals surface area (Å²) in [4.78, 5) is 27.1. The molecule has 2 amide bonds. The lowest BCUT2D eigenvalue weighted by Crippen LogP contribution is -2.50. The summed E-state index contributed by atoms with van der Waals surface area (Å²) >= 11 is 12.1. The second kappa shape index (κ2) is 10.6. The van der Waals surface area contributed by atoms with E-state index in [-0.39, 0.29) is 36.4 Å². The summed E-state index contributed by atoms with van der Waals surface area (Å²) in [6.07, 6.45) is 0.628. The molecule has 0 unspecified atom stereocenters. The van der Waals surface area contributed by atoms with Gasteiger partial charge in [-0.2, -0.15) is 0 Å². The summed E-state index contributed by atoms with van der Waals surface area (Å²) in [7, 11) is 0. The molecule has 0 aromatic heterocycles. The van der Waals surface area contributed by atoms with Gasteiger partial charge in [0, 0.05) is 12.6 Å². The maximum Gasteiger partial charge on any atom is 0.242 e. The maximum atomic E-state index is 14.0. The van der Waals surface area contributed by atoms with Gasteiger partial charge in [-0.3, -0.25) is 9.59 Å². The molecule has 2 rings (SSSR count). The monoisotopic (exact) mass is 438 g/mol. The van der Waals surface area contributed by atoms with Crippen LogP contribution in [0.5, 0.6) is 0 Å². The Balaban J connectivity index is 2.28. The van der Waals surface area contributed by atoms with Gasteiger partial charge >= 0.3 is 0 Å². The first-order chi connectivity index (χ1) is 13.7. The Hall–Kier alpha value is -2.11. The molecule has 0 saturated heterocycles. The predicted molar refractivity (Wildman–Crippen MR) is 114 cm³/mol. The molecule has 2 aromatic carbocycles. The number of nitrogens with one attached hydrogen (secondary N) is 1. The Morgan fingerprint density at radius 3 is 2.41 bits per heavy atom. The third-order valence-electron chi connectivity index (χ3n) is 4.80. The third kappa shape index (κ3) is 6.44. The number of hydrogen-bond donors (Lipinski definition) is 1. The number of carbonyl (C=O) groups is 2. The van der Waals surface area contributed by atoms with Gasteiger partial charge in [0.05, 0.1) is 16.5 Å². The van der Waals surface area contributed by atoms with E-state index in [1.807, 2.05) is 13.8 Å². The summed E-state index contributed by atoms with van der Waals surface area (Å²) in [5, 5.41) is 3.66. The average molecular weight is 439 g/mol. The van der Waals surface area contributed by atoms with Gasteiger partial charge in [0.2, 0.25) is 11.8 Å². The van der Waals surface area contributed by atoms with Crippen molar-refractivity contribution in [1.29, 1.82) is 0 Å². The van der Waals surface area contributed by atoms with Crippen molar-refractivity contribution in [2.24, 2.45) is 0 Å². The van der Waals surface area contributed by atoms with Crippen molar-refractivity contribution in [2.45, 2.75) is 52.2 Å². The molecule has 1 N–H and O–H groups in total. The zero-order valence-corrected chi connectivity index (χ0v) is 18.2. The summed E-state index contributed by atoms with van der Waals surface area (Å²) in [6.45, 7) is 5.68. The fourth-order valence-corrected chi connectivity index (χ4v) is 3.11. The largest absolute Gasteiger partial charge is 0.352 e. The van der Waals surface area contributed by atoms with Crippen LogP contribution in [0.2, 0.25) is 10.0 Å². The molecule has 2 aromatic rings. The Kier molecular flexibility index (Phi) is 8.47. The smallest absolute Gasteiger partial charge is 0.242 e. The van der Waals surface area contributed by atoms with Crippen molar-refractivity contribution in [3.8, 4) is 0 Å². The lowest BCUT2D eigenvalue weighted by molar-refractivity contribution is -0.140. The molecule has 156 valence electrons. The van der Waals surface area contributed by atoms with Crippen LogP contribution in [0.25, 0.3) is 0 Å².